The van der Waals surface area contributed by atoms with Crippen molar-refractivity contribution in [1.82, 2.24) is 24.0 Å². The average Bonchev–Trinajstić information content (AvgIpc) is 3.60. The van der Waals surface area contributed by atoms with Crippen molar-refractivity contribution in [2.45, 2.75) is 95.9 Å². The fraction of sp³-hybridized carbons (Fsp3) is 0.490. The summed E-state index contributed by atoms with van der Waals surface area (Å²) in [5.41, 5.74) is -2.90. The molecule has 17 nitrogen and oxygen atoms in total. The number of esters is 1. The molecule has 0 saturated carbocycles. The lowest BCUT2D eigenvalue weighted by Crippen LogP contribution is -2.60. The molecule has 2 aliphatic rings. The summed E-state index contributed by atoms with van der Waals surface area (Å²) in [5, 5.41) is 9.60. The van der Waals surface area contributed by atoms with Crippen LogP contribution in [0.1, 0.15) is 69.5 Å². The summed E-state index contributed by atoms with van der Waals surface area (Å²) in [7, 11) is 0.899. The van der Waals surface area contributed by atoms with Gasteiger partial charge in [0.2, 0.25) is 0 Å². The number of aromatic amines is 1. The third kappa shape index (κ3) is 11.9. The molecule has 2 aliphatic heterocycles. The second-order valence-electron chi connectivity index (χ2n) is 17.6. The van der Waals surface area contributed by atoms with E-state index in [0.717, 1.165) is 9.47 Å². The zero-order valence-electron chi connectivity index (χ0n) is 40.4. The largest absolute Gasteiger partial charge is 0.497 e. The Kier molecular flexibility index (Phi) is 17.7. The van der Waals surface area contributed by atoms with E-state index in [1.54, 1.807) is 43.4 Å². The number of nitrogens with one attached hydrogen (secondary N) is 1. The van der Waals surface area contributed by atoms with Crippen molar-refractivity contribution in [3.8, 4) is 17.6 Å². The molecule has 2 fully saturated rings. The van der Waals surface area contributed by atoms with E-state index >= 15 is 0 Å². The van der Waals surface area contributed by atoms with Crippen LogP contribution < -0.4 is 20.7 Å². The lowest BCUT2D eigenvalue weighted by molar-refractivity contribution is -0.189. The first kappa shape index (κ1) is 53.7. The van der Waals surface area contributed by atoms with Gasteiger partial charge in [0, 0.05) is 63.5 Å². The summed E-state index contributed by atoms with van der Waals surface area (Å²) in [6.07, 6.45) is -8.26. The molecule has 0 aliphatic carbocycles. The number of carbonyl (C=O) groups excluding carboxylic acids is 2. The van der Waals surface area contributed by atoms with E-state index in [4.69, 9.17) is 32.7 Å². The maximum absolute atomic E-state index is 14.0. The van der Waals surface area contributed by atoms with Crippen molar-refractivity contribution in [1.29, 1.82) is 5.26 Å². The van der Waals surface area contributed by atoms with Gasteiger partial charge < -0.3 is 37.6 Å². The second kappa shape index (κ2) is 23.1. The normalized spacial score (nSPS) is 20.4. The van der Waals surface area contributed by atoms with E-state index in [9.17, 15) is 37.6 Å². The number of piperazine rings is 1. The van der Waals surface area contributed by atoms with Gasteiger partial charge in [0.05, 0.1) is 39.9 Å². The smallest absolute Gasteiger partial charge is 0.471 e. The number of aromatic nitrogens is 2. The predicted octanol–water partition coefficient (Wildman–Crippen LogP) is 6.44. The van der Waals surface area contributed by atoms with Crippen LogP contribution >= 0.6 is 8.53 Å². The molecule has 3 heterocycles. The molecule has 1 unspecified atom stereocenters. The SMILES string of the molecule is COc1ccc(C(OC[C@@]2(CN3CCN(C(=O)C(F)(F)F)CC3)O[C@@H](n3cc(C)c(=O)[nH]c3=O)[C@H](OC(C)=O)[C@H]2OP(OCCC#N)N(C(C)C)C(C)C)(c2ccccc2)c2ccc(OC)cc2)cc1. The molecule has 5 atom stereocenters. The van der Waals surface area contributed by atoms with Crippen LogP contribution in [-0.2, 0) is 38.4 Å². The Morgan fingerprint density at radius 3 is 1.96 bits per heavy atom. The highest BCUT2D eigenvalue weighted by Gasteiger charge is 2.62. The Morgan fingerprint density at radius 1 is 0.900 bits per heavy atom. The van der Waals surface area contributed by atoms with Crippen LogP contribution in [0, 0.1) is 18.3 Å². The summed E-state index contributed by atoms with van der Waals surface area (Å²) in [6.45, 7) is 8.95. The van der Waals surface area contributed by atoms with E-state index in [1.807, 2.05) is 87.0 Å². The van der Waals surface area contributed by atoms with Crippen molar-refractivity contribution < 1.29 is 55.5 Å². The summed E-state index contributed by atoms with van der Waals surface area (Å²) in [6, 6.07) is 25.5. The first-order valence-electron chi connectivity index (χ1n) is 22.8. The molecule has 70 heavy (non-hydrogen) atoms. The van der Waals surface area contributed by atoms with Crippen LogP contribution in [0.15, 0.2) is 94.6 Å². The first-order valence-corrected chi connectivity index (χ1v) is 23.9. The zero-order chi connectivity index (χ0) is 51.0. The number of aryl methyl sites for hydroxylation is 1. The summed E-state index contributed by atoms with van der Waals surface area (Å²) in [5.74, 6) is -1.63. The van der Waals surface area contributed by atoms with Gasteiger partial charge in [0.1, 0.15) is 28.8 Å². The van der Waals surface area contributed by atoms with Crippen molar-refractivity contribution in [2.75, 3.05) is 60.2 Å². The third-order valence-corrected chi connectivity index (χ3v) is 14.3. The zero-order valence-corrected chi connectivity index (χ0v) is 41.3. The van der Waals surface area contributed by atoms with E-state index in [1.165, 1.54) is 20.0 Å². The first-order chi connectivity index (χ1) is 33.3. The van der Waals surface area contributed by atoms with E-state index in [2.05, 4.69) is 11.1 Å². The number of benzene rings is 3. The Labute approximate surface area is 405 Å². The predicted molar refractivity (Wildman–Crippen MR) is 252 cm³/mol. The number of carbonyl (C=O) groups is 2. The van der Waals surface area contributed by atoms with Crippen molar-refractivity contribution in [3.63, 3.8) is 0 Å². The molecule has 1 aromatic heterocycles. The number of hydrogen-bond donors (Lipinski definition) is 1. The van der Waals surface area contributed by atoms with Gasteiger partial charge in [-0.05, 0) is 75.6 Å². The highest BCUT2D eigenvalue weighted by atomic mass is 31.2. The van der Waals surface area contributed by atoms with Gasteiger partial charge in [-0.25, -0.2) is 9.46 Å². The Hall–Kier alpha value is -5.65. The molecule has 1 amide bonds. The summed E-state index contributed by atoms with van der Waals surface area (Å²) in [4.78, 5) is 57.5. The quantitative estimate of drug-likeness (QED) is 0.0441. The summed E-state index contributed by atoms with van der Waals surface area (Å²) < 4.78 is 90.0. The minimum atomic E-state index is -5.09. The van der Waals surface area contributed by atoms with Gasteiger partial charge in [-0.3, -0.25) is 28.8 Å². The summed E-state index contributed by atoms with van der Waals surface area (Å²) >= 11 is 0. The molecule has 3 aromatic carbocycles. The lowest BCUT2D eigenvalue weighted by Gasteiger charge is -2.45. The maximum Gasteiger partial charge on any atom is 0.471 e. The molecule has 21 heteroatoms. The molecule has 4 aromatic rings. The molecule has 2 saturated heterocycles. The monoisotopic (exact) mass is 996 g/mol. The number of methoxy groups -OCH3 is 2. The van der Waals surface area contributed by atoms with Gasteiger partial charge in [-0.1, -0.05) is 54.6 Å². The van der Waals surface area contributed by atoms with Crippen molar-refractivity contribution in [3.05, 3.63) is 128 Å². The van der Waals surface area contributed by atoms with Crippen molar-refractivity contribution in [2.24, 2.45) is 0 Å². The van der Waals surface area contributed by atoms with Crippen LogP contribution in [0.25, 0.3) is 0 Å². The van der Waals surface area contributed by atoms with E-state index < -0.39 is 74.1 Å². The highest BCUT2D eigenvalue weighted by Crippen LogP contribution is 2.54. The molecular formula is C49H60F3N6O11P. The number of ether oxygens (including phenoxy) is 5. The standard InChI is InChI=1S/C49H60F3N6O11P/c1-32(2)58(33(3)4)70(66-28-12-23-53)69-42-41(67-35(6)59)44(57-29-34(5)43(60)54-46(57)62)68-47(42,30-55-24-26-56(27-25-55)45(61)49(50,51)52)31-65-48(36-13-10-9-11-14-36,37-15-19-39(63-7)20-16-37)38-17-21-40(64-8)22-18-38/h9-11,13-22,29,32-33,41-42,44H,12,24-28,30-31H2,1-8H3,(H,54,60,62)/t41-,42-,44-,47-,70?/m1/s1. The van der Waals surface area contributed by atoms with Gasteiger partial charge in [0.25, 0.3) is 14.1 Å². The minimum absolute atomic E-state index is 0.00602. The number of alkyl halides is 3. The minimum Gasteiger partial charge on any atom is -0.497 e. The number of nitrogens with zero attached hydrogens (tertiary/aromatic N) is 5. The topological polar surface area (TPSA) is 187 Å². The fourth-order valence-corrected chi connectivity index (χ4v) is 10.7. The van der Waals surface area contributed by atoms with Crippen LogP contribution in [0.4, 0.5) is 13.2 Å². The van der Waals surface area contributed by atoms with Gasteiger partial charge in [0.15, 0.2) is 12.3 Å². The Bertz CT molecular complexity index is 2490. The average molecular weight is 997 g/mol. The Balaban J connectivity index is 1.64. The molecule has 0 radical (unpaired) electrons. The van der Waals surface area contributed by atoms with Gasteiger partial charge in [-0.15, -0.1) is 0 Å². The second-order valence-corrected chi connectivity index (χ2v) is 19.0. The molecule has 378 valence electrons. The molecule has 0 bridgehead atoms. The third-order valence-electron chi connectivity index (χ3n) is 12.1. The van der Waals surface area contributed by atoms with Crippen LogP contribution in [0.3, 0.4) is 0 Å². The van der Waals surface area contributed by atoms with E-state index in [-0.39, 0.29) is 63.4 Å². The van der Waals surface area contributed by atoms with Crippen LogP contribution in [0.5, 0.6) is 11.5 Å². The van der Waals surface area contributed by atoms with E-state index in [0.29, 0.717) is 28.2 Å². The number of H-pyrrole nitrogens is 1. The highest BCUT2D eigenvalue weighted by molar-refractivity contribution is 7.44. The molecule has 0 spiro atoms. The lowest BCUT2D eigenvalue weighted by atomic mass is 9.79. The van der Waals surface area contributed by atoms with Gasteiger partial charge in [-0.2, -0.15) is 18.4 Å². The maximum atomic E-state index is 14.0. The number of amides is 1. The fourth-order valence-electron chi connectivity index (χ4n) is 8.93. The number of halogens is 3. The van der Waals surface area contributed by atoms with Crippen molar-refractivity contribution >= 4 is 20.4 Å². The number of rotatable bonds is 20. The van der Waals surface area contributed by atoms with Crippen LogP contribution in [-0.4, -0.2) is 132 Å². The molecular weight excluding hydrogens is 937 g/mol. The van der Waals surface area contributed by atoms with Crippen LogP contribution in [0.2, 0.25) is 0 Å². The molecule has 1 N–H and O–H groups in total. The Morgan fingerprint density at radius 2 is 1.46 bits per heavy atom. The number of nitriles is 1. The van der Waals surface area contributed by atoms with Gasteiger partial charge >= 0.3 is 23.7 Å². The molecule has 6 rings (SSSR count). The number of hydrogen-bond acceptors (Lipinski definition) is 14.